The van der Waals surface area contributed by atoms with E-state index in [0.29, 0.717) is 32.5 Å². The molecule has 0 aliphatic carbocycles. The summed E-state index contributed by atoms with van der Waals surface area (Å²) < 4.78 is 13.1. The number of nitrogens with zero attached hydrogens (tertiary/aromatic N) is 3. The number of nitrogens with one attached hydrogen (secondary N) is 1. The molecule has 3 amide bonds. The number of para-hydroxylation sites is 1. The van der Waals surface area contributed by atoms with Gasteiger partial charge in [0.2, 0.25) is 5.91 Å². The quantitative estimate of drug-likeness (QED) is 0.790. The number of hydrogen-bond acceptors (Lipinski definition) is 3. The van der Waals surface area contributed by atoms with E-state index < -0.39 is 0 Å². The highest BCUT2D eigenvalue weighted by Gasteiger charge is 2.31. The molecule has 2 aromatic rings. The number of carbonyl (C=O) groups excluding carboxylic acids is 2. The summed E-state index contributed by atoms with van der Waals surface area (Å²) in [6.45, 7) is 5.21. The molecule has 4 rings (SSSR count). The molecule has 0 radical (unpaired) electrons. The van der Waals surface area contributed by atoms with Gasteiger partial charge in [-0.2, -0.15) is 0 Å². The van der Waals surface area contributed by atoms with Gasteiger partial charge in [-0.05, 0) is 49.1 Å². The van der Waals surface area contributed by atoms with Crippen LogP contribution in [-0.2, 0) is 11.3 Å². The van der Waals surface area contributed by atoms with Crippen LogP contribution in [0, 0.1) is 11.7 Å². The van der Waals surface area contributed by atoms with Crippen LogP contribution in [-0.4, -0.2) is 65.9 Å². The van der Waals surface area contributed by atoms with Gasteiger partial charge in [0.25, 0.3) is 0 Å². The van der Waals surface area contributed by atoms with Crippen LogP contribution in [0.25, 0.3) is 0 Å². The Balaban J connectivity index is 1.23. The smallest absolute Gasteiger partial charge is 0.321 e. The van der Waals surface area contributed by atoms with E-state index in [2.05, 4.69) is 10.2 Å². The van der Waals surface area contributed by atoms with E-state index in [4.69, 9.17) is 0 Å². The second-order valence-corrected chi connectivity index (χ2v) is 8.64. The fourth-order valence-electron chi connectivity index (χ4n) is 4.51. The number of anilines is 1. The Labute approximate surface area is 189 Å². The topological polar surface area (TPSA) is 55.9 Å². The molecule has 2 aromatic carbocycles. The van der Waals surface area contributed by atoms with Crippen molar-refractivity contribution in [2.45, 2.75) is 25.8 Å². The molecule has 0 atom stereocenters. The summed E-state index contributed by atoms with van der Waals surface area (Å²) in [5, 5.41) is 2.92. The zero-order valence-electron chi connectivity index (χ0n) is 18.4. The molecule has 6 nitrogen and oxygen atoms in total. The lowest BCUT2D eigenvalue weighted by Crippen LogP contribution is -2.46. The Morgan fingerprint density at radius 3 is 2.28 bits per heavy atom. The average Bonchev–Trinajstić information content (AvgIpc) is 3.06. The lowest BCUT2D eigenvalue weighted by molar-refractivity contribution is -0.136. The Kier molecular flexibility index (Phi) is 7.37. The largest absolute Gasteiger partial charge is 0.341 e. The zero-order chi connectivity index (χ0) is 22.3. The van der Waals surface area contributed by atoms with Crippen LogP contribution in [0.4, 0.5) is 14.9 Å². The minimum absolute atomic E-state index is 0.0144. The van der Waals surface area contributed by atoms with Crippen molar-refractivity contribution < 1.29 is 14.0 Å². The van der Waals surface area contributed by atoms with Crippen LogP contribution in [0.15, 0.2) is 54.6 Å². The first-order valence-electron chi connectivity index (χ1n) is 11.4. The molecule has 1 N–H and O–H groups in total. The summed E-state index contributed by atoms with van der Waals surface area (Å²) >= 11 is 0. The van der Waals surface area contributed by atoms with Crippen LogP contribution in [0.3, 0.4) is 0 Å². The van der Waals surface area contributed by atoms with Crippen LogP contribution < -0.4 is 5.32 Å². The van der Waals surface area contributed by atoms with Crippen molar-refractivity contribution >= 4 is 17.6 Å². The number of likely N-dealkylation sites (tertiary alicyclic amines) is 1. The summed E-state index contributed by atoms with van der Waals surface area (Å²) in [5.41, 5.74) is 1.87. The normalized spacial score (nSPS) is 18.3. The van der Waals surface area contributed by atoms with Crippen molar-refractivity contribution in [3.05, 3.63) is 66.0 Å². The van der Waals surface area contributed by atoms with Crippen LogP contribution in [0.5, 0.6) is 0 Å². The molecule has 32 heavy (non-hydrogen) atoms. The summed E-state index contributed by atoms with van der Waals surface area (Å²) in [6.07, 6.45) is 2.35. The van der Waals surface area contributed by atoms with Crippen molar-refractivity contribution in [3.63, 3.8) is 0 Å². The average molecular weight is 439 g/mol. The highest BCUT2D eigenvalue weighted by atomic mass is 19.1. The van der Waals surface area contributed by atoms with Gasteiger partial charge in [0.1, 0.15) is 5.82 Å². The standard InChI is InChI=1S/C25H31FN4O2/c26-22-9-7-20(8-10-22)19-28-13-4-14-29(18-17-28)24(31)21-11-15-30(16-12-21)25(32)27-23-5-2-1-3-6-23/h1-3,5-10,21H,4,11-19H2,(H,27,32). The van der Waals surface area contributed by atoms with Gasteiger partial charge in [0.05, 0.1) is 0 Å². The summed E-state index contributed by atoms with van der Waals surface area (Å²) in [4.78, 5) is 31.7. The van der Waals surface area contributed by atoms with Crippen molar-refractivity contribution in [2.24, 2.45) is 5.92 Å². The molecule has 2 fully saturated rings. The first-order valence-corrected chi connectivity index (χ1v) is 11.4. The molecule has 0 spiro atoms. The zero-order valence-corrected chi connectivity index (χ0v) is 18.4. The molecule has 0 bridgehead atoms. The van der Waals surface area contributed by atoms with E-state index in [1.165, 1.54) is 12.1 Å². The maximum Gasteiger partial charge on any atom is 0.321 e. The minimum Gasteiger partial charge on any atom is -0.341 e. The van der Waals surface area contributed by atoms with E-state index >= 15 is 0 Å². The van der Waals surface area contributed by atoms with Gasteiger partial charge in [-0.25, -0.2) is 9.18 Å². The second kappa shape index (κ2) is 10.6. The maximum atomic E-state index is 13.1. The van der Waals surface area contributed by atoms with Gasteiger partial charge in [0.15, 0.2) is 0 Å². The predicted octanol–water partition coefficient (Wildman–Crippen LogP) is 3.80. The third-order valence-corrected chi connectivity index (χ3v) is 6.38. The lowest BCUT2D eigenvalue weighted by Gasteiger charge is -2.34. The van der Waals surface area contributed by atoms with Gasteiger partial charge in [-0.3, -0.25) is 9.69 Å². The fourth-order valence-corrected chi connectivity index (χ4v) is 4.51. The molecule has 2 aliphatic heterocycles. The number of benzene rings is 2. The number of halogens is 1. The van der Waals surface area contributed by atoms with Gasteiger partial charge < -0.3 is 15.1 Å². The van der Waals surface area contributed by atoms with Gasteiger partial charge in [-0.1, -0.05) is 30.3 Å². The van der Waals surface area contributed by atoms with Gasteiger partial charge in [-0.15, -0.1) is 0 Å². The maximum absolute atomic E-state index is 13.1. The number of hydrogen-bond donors (Lipinski definition) is 1. The molecule has 0 aromatic heterocycles. The number of amides is 3. The molecule has 2 saturated heterocycles. The van der Waals surface area contributed by atoms with E-state index in [-0.39, 0.29) is 23.7 Å². The summed E-state index contributed by atoms with van der Waals surface area (Å²) in [6, 6.07) is 16.0. The third-order valence-electron chi connectivity index (χ3n) is 6.38. The Bertz CT molecular complexity index is 898. The SMILES string of the molecule is O=C(Nc1ccccc1)N1CCC(C(=O)N2CCCN(Cc3ccc(F)cc3)CC2)CC1. The minimum atomic E-state index is -0.218. The molecule has 7 heteroatoms. The summed E-state index contributed by atoms with van der Waals surface area (Å²) in [5.74, 6) is -0.0128. The second-order valence-electron chi connectivity index (χ2n) is 8.64. The molecule has 2 heterocycles. The van der Waals surface area contributed by atoms with E-state index in [0.717, 1.165) is 43.9 Å². The van der Waals surface area contributed by atoms with Crippen LogP contribution in [0.1, 0.15) is 24.8 Å². The van der Waals surface area contributed by atoms with Gasteiger partial charge >= 0.3 is 6.03 Å². The molecule has 0 saturated carbocycles. The third kappa shape index (κ3) is 5.85. The van der Waals surface area contributed by atoms with Crippen molar-refractivity contribution in [2.75, 3.05) is 44.6 Å². The summed E-state index contributed by atoms with van der Waals surface area (Å²) in [7, 11) is 0. The lowest BCUT2D eigenvalue weighted by atomic mass is 9.95. The Morgan fingerprint density at radius 1 is 0.844 bits per heavy atom. The molecular weight excluding hydrogens is 407 g/mol. The first kappa shape index (κ1) is 22.3. The fraction of sp³-hybridized carbons (Fsp3) is 0.440. The highest BCUT2D eigenvalue weighted by molar-refractivity contribution is 5.89. The van der Waals surface area contributed by atoms with Gasteiger partial charge in [0, 0.05) is 57.4 Å². The van der Waals surface area contributed by atoms with E-state index in [1.807, 2.05) is 47.4 Å². The van der Waals surface area contributed by atoms with Crippen LogP contribution in [0.2, 0.25) is 0 Å². The van der Waals surface area contributed by atoms with E-state index in [9.17, 15) is 14.0 Å². The number of rotatable bonds is 4. The monoisotopic (exact) mass is 438 g/mol. The Hall–Kier alpha value is -2.93. The van der Waals surface area contributed by atoms with Crippen molar-refractivity contribution in [1.29, 1.82) is 0 Å². The molecule has 170 valence electrons. The van der Waals surface area contributed by atoms with E-state index in [1.54, 1.807) is 4.90 Å². The molecular formula is C25H31FN4O2. The van der Waals surface area contributed by atoms with Crippen molar-refractivity contribution in [1.82, 2.24) is 14.7 Å². The number of urea groups is 1. The number of carbonyl (C=O) groups is 2. The predicted molar refractivity (Wildman–Crippen MR) is 123 cm³/mol. The highest BCUT2D eigenvalue weighted by Crippen LogP contribution is 2.22. The van der Waals surface area contributed by atoms with Crippen LogP contribution >= 0.6 is 0 Å². The first-order chi connectivity index (χ1) is 15.6. The molecule has 2 aliphatic rings. The molecule has 0 unspecified atom stereocenters. The Morgan fingerprint density at radius 2 is 1.56 bits per heavy atom. The van der Waals surface area contributed by atoms with Crippen molar-refractivity contribution in [3.8, 4) is 0 Å². The number of piperidine rings is 1.